The van der Waals surface area contributed by atoms with Gasteiger partial charge in [0.15, 0.2) is 9.84 Å². The van der Waals surface area contributed by atoms with Gasteiger partial charge in [-0.2, -0.15) is 5.10 Å². The molecule has 2 rings (SSSR count). The predicted molar refractivity (Wildman–Crippen MR) is 85.4 cm³/mol. The largest absolute Gasteiger partial charge is 0.321 e. The van der Waals surface area contributed by atoms with Crippen molar-refractivity contribution in [2.24, 2.45) is 7.05 Å². The lowest BCUT2D eigenvalue weighted by Crippen LogP contribution is -2.09. The van der Waals surface area contributed by atoms with Gasteiger partial charge in [-0.25, -0.2) is 8.42 Å². The molecular weight excluding hydrogens is 326 g/mol. The lowest BCUT2D eigenvalue weighted by Gasteiger charge is -2.07. The summed E-state index contributed by atoms with van der Waals surface area (Å²) in [5.41, 5.74) is 1.01. The summed E-state index contributed by atoms with van der Waals surface area (Å²) in [4.78, 5) is 12.0. The van der Waals surface area contributed by atoms with Crippen LogP contribution in [0.5, 0.6) is 0 Å². The number of benzene rings is 1. The standard InChI is InChI=1S/C14H14ClN3O3S/c1-18-9-10(8-16-18)3-6-14(19)17-13-7-11(22(2,20)21)4-5-12(13)15/h3-9H,1-2H3,(H,17,19)/b6-3+. The van der Waals surface area contributed by atoms with Gasteiger partial charge in [-0.15, -0.1) is 0 Å². The van der Waals surface area contributed by atoms with Crippen molar-refractivity contribution in [1.82, 2.24) is 9.78 Å². The van der Waals surface area contributed by atoms with Gasteiger partial charge in [-0.1, -0.05) is 11.6 Å². The van der Waals surface area contributed by atoms with Gasteiger partial charge < -0.3 is 5.32 Å². The van der Waals surface area contributed by atoms with Gasteiger partial charge in [0.05, 0.1) is 21.8 Å². The van der Waals surface area contributed by atoms with Crippen molar-refractivity contribution in [1.29, 1.82) is 0 Å². The molecule has 0 saturated heterocycles. The molecule has 1 amide bonds. The molecule has 0 fully saturated rings. The molecule has 0 unspecified atom stereocenters. The first-order chi connectivity index (χ1) is 10.3. The molecule has 22 heavy (non-hydrogen) atoms. The Morgan fingerprint density at radius 2 is 2.14 bits per heavy atom. The van der Waals surface area contributed by atoms with E-state index in [2.05, 4.69) is 10.4 Å². The first kappa shape index (κ1) is 16.3. The monoisotopic (exact) mass is 339 g/mol. The van der Waals surface area contributed by atoms with Crippen molar-refractivity contribution in [3.05, 3.63) is 47.3 Å². The molecule has 0 spiro atoms. The Morgan fingerprint density at radius 1 is 1.41 bits per heavy atom. The highest BCUT2D eigenvalue weighted by Gasteiger charge is 2.11. The van der Waals surface area contributed by atoms with E-state index >= 15 is 0 Å². The van der Waals surface area contributed by atoms with E-state index in [4.69, 9.17) is 11.6 Å². The maximum Gasteiger partial charge on any atom is 0.248 e. The van der Waals surface area contributed by atoms with Crippen LogP contribution in [0.15, 0.2) is 41.6 Å². The van der Waals surface area contributed by atoms with Crippen LogP contribution in [0.1, 0.15) is 5.56 Å². The second kappa shape index (κ2) is 6.33. The Balaban J connectivity index is 2.16. The molecule has 0 radical (unpaired) electrons. The number of hydrogen-bond acceptors (Lipinski definition) is 4. The summed E-state index contributed by atoms with van der Waals surface area (Å²) >= 11 is 5.96. The van der Waals surface area contributed by atoms with Crippen LogP contribution in [-0.2, 0) is 21.7 Å². The number of anilines is 1. The van der Waals surface area contributed by atoms with Crippen LogP contribution in [-0.4, -0.2) is 30.4 Å². The highest BCUT2D eigenvalue weighted by molar-refractivity contribution is 7.90. The van der Waals surface area contributed by atoms with E-state index < -0.39 is 15.7 Å². The van der Waals surface area contributed by atoms with Crippen LogP contribution in [0.25, 0.3) is 6.08 Å². The lowest BCUT2D eigenvalue weighted by atomic mass is 10.3. The third kappa shape index (κ3) is 4.19. The summed E-state index contributed by atoms with van der Waals surface area (Å²) in [6.45, 7) is 0. The van der Waals surface area contributed by atoms with Crippen LogP contribution in [0.2, 0.25) is 5.02 Å². The minimum Gasteiger partial charge on any atom is -0.321 e. The number of carbonyl (C=O) groups excluding carboxylic acids is 1. The van der Waals surface area contributed by atoms with Gasteiger partial charge in [0.2, 0.25) is 5.91 Å². The first-order valence-corrected chi connectivity index (χ1v) is 8.50. The van der Waals surface area contributed by atoms with E-state index in [0.717, 1.165) is 11.8 Å². The molecule has 1 N–H and O–H groups in total. The SMILES string of the molecule is Cn1cc(/C=C/C(=O)Nc2cc(S(C)(=O)=O)ccc2Cl)cn1. The highest BCUT2D eigenvalue weighted by Crippen LogP contribution is 2.25. The second-order valence-electron chi connectivity index (χ2n) is 4.68. The molecule has 0 bridgehead atoms. The molecule has 0 aliphatic carbocycles. The molecule has 1 aromatic carbocycles. The van der Waals surface area contributed by atoms with Crippen molar-refractivity contribution in [2.45, 2.75) is 4.90 Å². The minimum absolute atomic E-state index is 0.0865. The maximum atomic E-state index is 11.9. The number of nitrogens with one attached hydrogen (secondary N) is 1. The van der Waals surface area contributed by atoms with Crippen LogP contribution < -0.4 is 5.32 Å². The van der Waals surface area contributed by atoms with Crippen molar-refractivity contribution < 1.29 is 13.2 Å². The summed E-state index contributed by atoms with van der Waals surface area (Å²) in [5.74, 6) is -0.420. The third-order valence-corrected chi connectivity index (χ3v) is 4.22. The number of carbonyl (C=O) groups is 1. The van der Waals surface area contributed by atoms with Gasteiger partial charge >= 0.3 is 0 Å². The van der Waals surface area contributed by atoms with Gasteiger partial charge in [0.25, 0.3) is 0 Å². The Morgan fingerprint density at radius 3 is 2.73 bits per heavy atom. The average Bonchev–Trinajstić information content (AvgIpc) is 2.83. The van der Waals surface area contributed by atoms with Crippen molar-refractivity contribution in [3.8, 4) is 0 Å². The van der Waals surface area contributed by atoms with Gasteiger partial charge in [0.1, 0.15) is 0 Å². The van der Waals surface area contributed by atoms with Gasteiger partial charge in [-0.3, -0.25) is 9.48 Å². The van der Waals surface area contributed by atoms with Crippen molar-refractivity contribution in [3.63, 3.8) is 0 Å². The van der Waals surface area contributed by atoms with Crippen LogP contribution in [0, 0.1) is 0 Å². The molecule has 2 aromatic rings. The lowest BCUT2D eigenvalue weighted by molar-refractivity contribution is -0.111. The summed E-state index contributed by atoms with van der Waals surface area (Å²) in [7, 11) is -1.60. The smallest absolute Gasteiger partial charge is 0.248 e. The fraction of sp³-hybridized carbons (Fsp3) is 0.143. The molecule has 116 valence electrons. The number of aromatic nitrogens is 2. The number of amides is 1. The number of rotatable bonds is 4. The zero-order valence-electron chi connectivity index (χ0n) is 11.9. The molecule has 0 aliphatic heterocycles. The van der Waals surface area contributed by atoms with Gasteiger partial charge in [0, 0.05) is 31.1 Å². The van der Waals surface area contributed by atoms with E-state index in [1.165, 1.54) is 24.3 Å². The van der Waals surface area contributed by atoms with Crippen LogP contribution in [0.3, 0.4) is 0 Å². The van der Waals surface area contributed by atoms with E-state index in [-0.39, 0.29) is 15.6 Å². The first-order valence-electron chi connectivity index (χ1n) is 6.23. The zero-order chi connectivity index (χ0) is 16.3. The van der Waals surface area contributed by atoms with E-state index in [1.807, 2.05) is 0 Å². The maximum absolute atomic E-state index is 11.9. The number of nitrogens with zero attached hydrogens (tertiary/aromatic N) is 2. The van der Waals surface area contributed by atoms with E-state index in [1.54, 1.807) is 30.2 Å². The number of hydrogen-bond donors (Lipinski definition) is 1. The second-order valence-corrected chi connectivity index (χ2v) is 7.11. The van der Waals surface area contributed by atoms with E-state index in [9.17, 15) is 13.2 Å². The number of halogens is 1. The normalized spacial score (nSPS) is 11.8. The molecular formula is C14H14ClN3O3S. The number of aryl methyl sites for hydroxylation is 1. The van der Waals surface area contributed by atoms with E-state index in [0.29, 0.717) is 0 Å². The zero-order valence-corrected chi connectivity index (χ0v) is 13.5. The summed E-state index contributed by atoms with van der Waals surface area (Å²) in [6, 6.07) is 4.14. The molecule has 6 nitrogen and oxygen atoms in total. The van der Waals surface area contributed by atoms with Crippen molar-refractivity contribution in [2.75, 3.05) is 11.6 Å². The number of sulfone groups is 1. The van der Waals surface area contributed by atoms with Crippen LogP contribution >= 0.6 is 11.6 Å². The molecule has 0 saturated carbocycles. The molecule has 1 heterocycles. The quantitative estimate of drug-likeness (QED) is 0.865. The van der Waals surface area contributed by atoms with Crippen molar-refractivity contribution >= 4 is 39.1 Å². The Kier molecular flexibility index (Phi) is 4.68. The summed E-state index contributed by atoms with van der Waals surface area (Å²) in [6.07, 6.45) is 7.36. The Hall–Kier alpha value is -2.12. The molecule has 1 aromatic heterocycles. The summed E-state index contributed by atoms with van der Waals surface area (Å²) in [5, 5.41) is 6.79. The fourth-order valence-corrected chi connectivity index (χ4v) is 2.52. The predicted octanol–water partition coefficient (Wildman–Crippen LogP) is 2.13. The van der Waals surface area contributed by atoms with Crippen LogP contribution in [0.4, 0.5) is 5.69 Å². The van der Waals surface area contributed by atoms with Gasteiger partial charge in [-0.05, 0) is 24.3 Å². The fourth-order valence-electron chi connectivity index (χ4n) is 1.70. The summed E-state index contributed by atoms with van der Waals surface area (Å²) < 4.78 is 24.6. The minimum atomic E-state index is -3.37. The Bertz CT molecular complexity index is 841. The topological polar surface area (TPSA) is 81.1 Å². The average molecular weight is 340 g/mol. The molecule has 8 heteroatoms. The Labute approximate surface area is 133 Å². The third-order valence-electron chi connectivity index (χ3n) is 2.78. The molecule has 0 atom stereocenters. The highest BCUT2D eigenvalue weighted by atomic mass is 35.5. The molecule has 0 aliphatic rings.